The Hall–Kier alpha value is -1.78. The number of ether oxygens (including phenoxy) is 7. The minimum Gasteiger partial charge on any atom is -0.458 e. The normalized spacial score (nSPS) is 22.4. The van der Waals surface area contributed by atoms with Crippen LogP contribution in [0.4, 0.5) is 0 Å². The Balaban J connectivity index is 1.76. The molecule has 0 bridgehead atoms. The van der Waals surface area contributed by atoms with Crippen molar-refractivity contribution in [3.05, 3.63) is 25.3 Å². The molecular formula is C18H26O9. The third-order valence-corrected chi connectivity index (χ3v) is 3.57. The molecule has 0 aromatic carbocycles. The second kappa shape index (κ2) is 11.8. The molecule has 9 heteroatoms. The molecule has 0 N–H and O–H groups in total. The fraction of sp³-hybridized carbons (Fsp3) is 0.667. The van der Waals surface area contributed by atoms with Crippen LogP contribution in [0.3, 0.4) is 0 Å². The van der Waals surface area contributed by atoms with E-state index in [2.05, 4.69) is 13.2 Å². The maximum absolute atomic E-state index is 11.5. The van der Waals surface area contributed by atoms with E-state index in [1.807, 2.05) is 0 Å². The van der Waals surface area contributed by atoms with Crippen LogP contribution in [-0.4, -0.2) is 89.2 Å². The maximum Gasteiger partial charge on any atom is 0.330 e. The summed E-state index contributed by atoms with van der Waals surface area (Å²) in [5.74, 6) is -1.26. The second-order valence-electron chi connectivity index (χ2n) is 6.04. The summed E-state index contributed by atoms with van der Waals surface area (Å²) < 4.78 is 37.1. The molecule has 0 aliphatic carbocycles. The molecule has 0 radical (unpaired) electrons. The van der Waals surface area contributed by atoms with E-state index in [-0.39, 0.29) is 31.5 Å². The number of esters is 2. The molecule has 3 atom stereocenters. The van der Waals surface area contributed by atoms with Crippen LogP contribution in [0.15, 0.2) is 25.3 Å². The Kier molecular flexibility index (Phi) is 9.43. The van der Waals surface area contributed by atoms with Crippen molar-refractivity contribution < 1.29 is 42.7 Å². The molecule has 0 saturated carbocycles. The highest BCUT2D eigenvalue weighted by Gasteiger charge is 2.26. The number of hydrogen-bond acceptors (Lipinski definition) is 9. The van der Waals surface area contributed by atoms with Gasteiger partial charge in [-0.25, -0.2) is 9.59 Å². The van der Waals surface area contributed by atoms with E-state index in [1.54, 1.807) is 0 Å². The smallest absolute Gasteiger partial charge is 0.330 e. The fourth-order valence-electron chi connectivity index (χ4n) is 1.94. The van der Waals surface area contributed by atoms with Crippen LogP contribution in [0.1, 0.15) is 0 Å². The largest absolute Gasteiger partial charge is 0.458 e. The average Bonchev–Trinajstić information content (AvgIpc) is 3.57. The summed E-state index contributed by atoms with van der Waals surface area (Å²) in [7, 11) is 0. The van der Waals surface area contributed by atoms with Crippen LogP contribution in [0.2, 0.25) is 0 Å². The van der Waals surface area contributed by atoms with Crippen LogP contribution >= 0.6 is 0 Å². The first kappa shape index (κ1) is 21.5. The monoisotopic (exact) mass is 386 g/mol. The van der Waals surface area contributed by atoms with Crippen molar-refractivity contribution in [1.29, 1.82) is 0 Å². The van der Waals surface area contributed by atoms with Gasteiger partial charge in [0.05, 0.1) is 46.2 Å². The van der Waals surface area contributed by atoms with Gasteiger partial charge in [0, 0.05) is 12.2 Å². The zero-order valence-corrected chi connectivity index (χ0v) is 15.2. The van der Waals surface area contributed by atoms with Gasteiger partial charge in [0.25, 0.3) is 0 Å². The SMILES string of the molecule is C=CC(=O)OCC(COC(COCC1CO1)COCC1CO1)OC(=O)C=C. The minimum atomic E-state index is -0.791. The van der Waals surface area contributed by atoms with E-state index in [1.165, 1.54) is 0 Å². The second-order valence-corrected chi connectivity index (χ2v) is 6.04. The van der Waals surface area contributed by atoms with Gasteiger partial charge >= 0.3 is 11.9 Å². The Morgan fingerprint density at radius 2 is 1.44 bits per heavy atom. The Morgan fingerprint density at radius 3 is 1.93 bits per heavy atom. The fourth-order valence-corrected chi connectivity index (χ4v) is 1.94. The molecule has 0 amide bonds. The standard InChI is InChI=1S/C18H26O9/c1-3-17(19)26-12-16(27-18(20)4-2)11-25-13(5-21-7-14-9-23-14)6-22-8-15-10-24-15/h3-4,13-16H,1-2,5-12H2. The van der Waals surface area contributed by atoms with E-state index < -0.39 is 18.0 Å². The minimum absolute atomic E-state index is 0.00124. The summed E-state index contributed by atoms with van der Waals surface area (Å²) in [5, 5.41) is 0. The molecule has 2 aliphatic heterocycles. The summed E-state index contributed by atoms with van der Waals surface area (Å²) in [6.07, 6.45) is 1.16. The molecule has 27 heavy (non-hydrogen) atoms. The van der Waals surface area contributed by atoms with Crippen molar-refractivity contribution in [3.8, 4) is 0 Å². The summed E-state index contributed by atoms with van der Waals surface area (Å²) in [6, 6.07) is 0. The van der Waals surface area contributed by atoms with E-state index in [4.69, 9.17) is 33.2 Å². The number of carbonyl (C=O) groups excluding carboxylic acids is 2. The highest BCUT2D eigenvalue weighted by Crippen LogP contribution is 2.11. The first-order valence-corrected chi connectivity index (χ1v) is 8.73. The lowest BCUT2D eigenvalue weighted by Crippen LogP contribution is -2.34. The lowest BCUT2D eigenvalue weighted by molar-refractivity contribution is -0.160. The summed E-state index contributed by atoms with van der Waals surface area (Å²) in [4.78, 5) is 22.7. The van der Waals surface area contributed by atoms with Crippen LogP contribution in [0.25, 0.3) is 0 Å². The molecule has 3 unspecified atom stereocenters. The van der Waals surface area contributed by atoms with Gasteiger partial charge in [0.2, 0.25) is 0 Å². The predicted molar refractivity (Wildman–Crippen MR) is 92.1 cm³/mol. The molecule has 2 heterocycles. The van der Waals surface area contributed by atoms with Gasteiger partial charge in [0.1, 0.15) is 24.9 Å². The van der Waals surface area contributed by atoms with Gasteiger partial charge < -0.3 is 33.2 Å². The van der Waals surface area contributed by atoms with Gasteiger partial charge in [-0.15, -0.1) is 0 Å². The van der Waals surface area contributed by atoms with Crippen molar-refractivity contribution in [2.75, 3.05) is 52.9 Å². The first-order valence-electron chi connectivity index (χ1n) is 8.73. The zero-order valence-electron chi connectivity index (χ0n) is 15.2. The molecule has 0 aromatic rings. The molecule has 2 fully saturated rings. The Morgan fingerprint density at radius 1 is 0.889 bits per heavy atom. The molecule has 0 spiro atoms. The number of hydrogen-bond donors (Lipinski definition) is 0. The third kappa shape index (κ3) is 10.2. The van der Waals surface area contributed by atoms with E-state index in [0.29, 0.717) is 39.6 Å². The quantitative estimate of drug-likeness (QED) is 0.206. The summed E-state index contributed by atoms with van der Waals surface area (Å²) in [6.45, 7) is 9.45. The topological polar surface area (TPSA) is 105 Å². The first-order chi connectivity index (χ1) is 13.1. The van der Waals surface area contributed by atoms with E-state index >= 15 is 0 Å². The van der Waals surface area contributed by atoms with Gasteiger partial charge in [-0.05, 0) is 0 Å². The van der Waals surface area contributed by atoms with Gasteiger partial charge in [-0.2, -0.15) is 0 Å². The van der Waals surface area contributed by atoms with Crippen molar-refractivity contribution in [1.82, 2.24) is 0 Å². The molecule has 2 rings (SSSR count). The molecule has 9 nitrogen and oxygen atoms in total. The van der Waals surface area contributed by atoms with Crippen LogP contribution < -0.4 is 0 Å². The Labute approximate surface area is 158 Å². The van der Waals surface area contributed by atoms with Crippen molar-refractivity contribution in [2.24, 2.45) is 0 Å². The molecule has 2 saturated heterocycles. The van der Waals surface area contributed by atoms with Crippen molar-refractivity contribution >= 4 is 11.9 Å². The summed E-state index contributed by atoms with van der Waals surface area (Å²) in [5.41, 5.74) is 0. The lowest BCUT2D eigenvalue weighted by Gasteiger charge is -2.22. The van der Waals surface area contributed by atoms with Gasteiger partial charge in [-0.1, -0.05) is 13.2 Å². The maximum atomic E-state index is 11.5. The number of carbonyl (C=O) groups is 2. The highest BCUT2D eigenvalue weighted by molar-refractivity contribution is 5.82. The third-order valence-electron chi connectivity index (χ3n) is 3.57. The molecular weight excluding hydrogens is 360 g/mol. The zero-order chi connectivity index (χ0) is 19.5. The number of rotatable bonds is 16. The van der Waals surface area contributed by atoms with Crippen LogP contribution in [0.5, 0.6) is 0 Å². The predicted octanol–water partition coefficient (Wildman–Crippen LogP) is 0.0294. The van der Waals surface area contributed by atoms with Gasteiger partial charge in [-0.3, -0.25) is 0 Å². The average molecular weight is 386 g/mol. The molecule has 152 valence electrons. The number of epoxide rings is 2. The van der Waals surface area contributed by atoms with Crippen molar-refractivity contribution in [3.63, 3.8) is 0 Å². The van der Waals surface area contributed by atoms with E-state index in [0.717, 1.165) is 12.2 Å². The summed E-state index contributed by atoms with van der Waals surface area (Å²) >= 11 is 0. The molecule has 0 aromatic heterocycles. The Bertz CT molecular complexity index is 481. The highest BCUT2D eigenvalue weighted by atomic mass is 16.6. The molecule has 2 aliphatic rings. The van der Waals surface area contributed by atoms with Gasteiger partial charge in [0.15, 0.2) is 6.10 Å². The lowest BCUT2D eigenvalue weighted by atomic mass is 10.3. The van der Waals surface area contributed by atoms with Crippen LogP contribution in [-0.2, 0) is 42.7 Å². The van der Waals surface area contributed by atoms with Crippen LogP contribution in [0, 0.1) is 0 Å². The van der Waals surface area contributed by atoms with Crippen molar-refractivity contribution in [2.45, 2.75) is 24.4 Å². The van der Waals surface area contributed by atoms with E-state index in [9.17, 15) is 9.59 Å².